The lowest BCUT2D eigenvalue weighted by molar-refractivity contribution is 0.480. The van der Waals surface area contributed by atoms with Crippen LogP contribution in [-0.2, 0) is 5.41 Å². The van der Waals surface area contributed by atoms with Gasteiger partial charge in [0.2, 0.25) is 0 Å². The molecule has 0 amide bonds. The monoisotopic (exact) mass is 561 g/mol. The highest BCUT2D eigenvalue weighted by Gasteiger charge is 2.37. The predicted molar refractivity (Wildman–Crippen MR) is 178 cm³/mol. The second-order valence-corrected chi connectivity index (χ2v) is 12.4. The maximum Gasteiger partial charge on any atom is 0.141 e. The topological polar surface area (TPSA) is 49.2 Å². The molecule has 2 aromatic heterocycles. The number of fused-ring (bicyclic) bond motifs is 3. The van der Waals surface area contributed by atoms with Gasteiger partial charge in [-0.3, -0.25) is 4.90 Å². The summed E-state index contributed by atoms with van der Waals surface area (Å²) in [4.78, 5) is 12.2. The highest BCUT2D eigenvalue weighted by Crippen LogP contribution is 2.52. The fourth-order valence-electron chi connectivity index (χ4n) is 7.01. The Hall–Kier alpha value is -4.96. The number of hydrogen-bond donors (Lipinski definition) is 1. The van der Waals surface area contributed by atoms with E-state index in [0.29, 0.717) is 5.52 Å². The molecule has 0 fully saturated rings. The lowest BCUT2D eigenvalue weighted by Crippen LogP contribution is -2.31. The van der Waals surface area contributed by atoms with Crippen LogP contribution in [0.5, 0.6) is 5.75 Å². The van der Waals surface area contributed by atoms with Gasteiger partial charge in [-0.25, -0.2) is 9.97 Å². The minimum absolute atomic E-state index is 0.194. The van der Waals surface area contributed by atoms with Crippen LogP contribution in [0.1, 0.15) is 47.2 Å². The molecule has 0 unspecified atom stereocenters. The lowest BCUT2D eigenvalue weighted by Gasteiger charge is -2.41. The molecule has 3 heterocycles. The van der Waals surface area contributed by atoms with Crippen molar-refractivity contribution < 1.29 is 5.11 Å². The van der Waals surface area contributed by atoms with E-state index in [-0.39, 0.29) is 11.2 Å². The van der Waals surface area contributed by atoms with Crippen molar-refractivity contribution in [3.8, 4) is 28.1 Å². The van der Waals surface area contributed by atoms with Crippen molar-refractivity contribution in [2.24, 2.45) is 0 Å². The quantitative estimate of drug-likeness (QED) is 0.234. The van der Waals surface area contributed by atoms with Gasteiger partial charge in [0, 0.05) is 22.6 Å². The standard InChI is InChI=1S/C39H35N3O/c1-23-18-25(3)37(26(4)19-23)28-16-17-40-36(22-28)42-33-12-8-7-11-30(33)39(5,6)31-15-14-27(21-34(31)42)32-20-24(2)29-10-9-13-35(43)38(29)41-32/h7-22,43H,1-6H3. The first-order valence-corrected chi connectivity index (χ1v) is 14.8. The number of aromatic hydroxyl groups is 1. The summed E-state index contributed by atoms with van der Waals surface area (Å²) in [6.07, 6.45) is 1.92. The van der Waals surface area contributed by atoms with Crippen LogP contribution in [0, 0.1) is 27.7 Å². The van der Waals surface area contributed by atoms with Gasteiger partial charge in [0.05, 0.1) is 17.1 Å². The van der Waals surface area contributed by atoms with Gasteiger partial charge in [-0.05, 0) is 103 Å². The highest BCUT2D eigenvalue weighted by atomic mass is 16.3. The Kier molecular flexibility index (Phi) is 6.14. The average molecular weight is 562 g/mol. The van der Waals surface area contributed by atoms with Crippen LogP contribution in [0.15, 0.2) is 97.2 Å². The van der Waals surface area contributed by atoms with Crippen LogP contribution in [0.4, 0.5) is 17.2 Å². The molecule has 0 saturated carbocycles. The first kappa shape index (κ1) is 26.9. The van der Waals surface area contributed by atoms with Crippen molar-refractivity contribution in [1.29, 1.82) is 0 Å². The van der Waals surface area contributed by atoms with E-state index < -0.39 is 0 Å². The maximum absolute atomic E-state index is 10.6. The molecule has 212 valence electrons. The minimum atomic E-state index is -0.215. The summed E-state index contributed by atoms with van der Waals surface area (Å²) < 4.78 is 0. The Morgan fingerprint density at radius 2 is 1.42 bits per heavy atom. The van der Waals surface area contributed by atoms with E-state index in [1.165, 1.54) is 33.4 Å². The number of nitrogens with zero attached hydrogens (tertiary/aromatic N) is 3. The third kappa shape index (κ3) is 4.28. The molecule has 4 nitrogen and oxygen atoms in total. The predicted octanol–water partition coefficient (Wildman–Crippen LogP) is 10.0. The third-order valence-corrected chi connectivity index (χ3v) is 8.99. The fraction of sp³-hybridized carbons (Fsp3) is 0.179. The zero-order valence-electron chi connectivity index (χ0n) is 25.5. The Balaban J connectivity index is 1.45. The first-order chi connectivity index (χ1) is 20.6. The molecule has 1 aliphatic rings. The van der Waals surface area contributed by atoms with E-state index in [0.717, 1.165) is 45.0 Å². The smallest absolute Gasteiger partial charge is 0.141 e. The largest absolute Gasteiger partial charge is 0.506 e. The van der Waals surface area contributed by atoms with Crippen molar-refractivity contribution in [2.75, 3.05) is 4.90 Å². The number of aryl methyl sites for hydroxylation is 4. The molecule has 1 aliphatic heterocycles. The molecule has 7 rings (SSSR count). The van der Waals surface area contributed by atoms with Crippen molar-refractivity contribution >= 4 is 28.1 Å². The molecule has 0 bridgehead atoms. The van der Waals surface area contributed by atoms with Gasteiger partial charge in [-0.1, -0.05) is 74.0 Å². The molecular weight excluding hydrogens is 526 g/mol. The summed E-state index contributed by atoms with van der Waals surface area (Å²) in [6.45, 7) is 13.2. The van der Waals surface area contributed by atoms with Crippen LogP contribution in [0.2, 0.25) is 0 Å². The summed E-state index contributed by atoms with van der Waals surface area (Å²) in [5.41, 5.74) is 14.2. The molecule has 43 heavy (non-hydrogen) atoms. The van der Waals surface area contributed by atoms with Gasteiger partial charge in [-0.15, -0.1) is 0 Å². The lowest BCUT2D eigenvalue weighted by atomic mass is 9.73. The van der Waals surface area contributed by atoms with E-state index in [9.17, 15) is 5.11 Å². The zero-order valence-corrected chi connectivity index (χ0v) is 25.5. The van der Waals surface area contributed by atoms with E-state index in [2.05, 4.69) is 119 Å². The minimum Gasteiger partial charge on any atom is -0.506 e. The van der Waals surface area contributed by atoms with E-state index in [1.54, 1.807) is 6.07 Å². The maximum atomic E-state index is 10.6. The van der Waals surface area contributed by atoms with Crippen molar-refractivity contribution in [2.45, 2.75) is 47.0 Å². The molecular formula is C39H35N3O. The number of phenols is 1. The summed E-state index contributed by atoms with van der Waals surface area (Å²) in [7, 11) is 0. The van der Waals surface area contributed by atoms with Gasteiger partial charge >= 0.3 is 0 Å². The third-order valence-electron chi connectivity index (χ3n) is 8.99. The van der Waals surface area contributed by atoms with Gasteiger partial charge < -0.3 is 5.11 Å². The van der Waals surface area contributed by atoms with E-state index in [4.69, 9.17) is 9.97 Å². The summed E-state index contributed by atoms with van der Waals surface area (Å²) in [5.74, 6) is 1.07. The van der Waals surface area contributed by atoms with Gasteiger partial charge in [0.1, 0.15) is 17.1 Å². The first-order valence-electron chi connectivity index (χ1n) is 14.8. The molecule has 4 heteroatoms. The molecule has 0 radical (unpaired) electrons. The van der Waals surface area contributed by atoms with Crippen molar-refractivity contribution in [3.05, 3.63) is 131 Å². The number of para-hydroxylation sites is 2. The second kappa shape index (κ2) is 9.81. The van der Waals surface area contributed by atoms with Gasteiger partial charge in [-0.2, -0.15) is 0 Å². The highest BCUT2D eigenvalue weighted by molar-refractivity contribution is 5.91. The zero-order chi connectivity index (χ0) is 30.0. The van der Waals surface area contributed by atoms with E-state index >= 15 is 0 Å². The van der Waals surface area contributed by atoms with Crippen LogP contribution in [0.25, 0.3) is 33.3 Å². The fourth-order valence-corrected chi connectivity index (χ4v) is 7.01. The van der Waals surface area contributed by atoms with Crippen LogP contribution >= 0.6 is 0 Å². The molecule has 6 aromatic rings. The molecule has 1 N–H and O–H groups in total. The number of benzene rings is 4. The summed E-state index contributed by atoms with van der Waals surface area (Å²) in [5, 5.41) is 11.6. The molecule has 0 aliphatic carbocycles. The van der Waals surface area contributed by atoms with Crippen molar-refractivity contribution in [3.63, 3.8) is 0 Å². The summed E-state index contributed by atoms with van der Waals surface area (Å²) in [6, 6.07) is 31.8. The van der Waals surface area contributed by atoms with Crippen molar-refractivity contribution in [1.82, 2.24) is 9.97 Å². The number of phenolic OH excluding ortho intramolecular Hbond substituents is 1. The number of rotatable bonds is 3. The molecule has 0 saturated heterocycles. The van der Waals surface area contributed by atoms with Crippen LogP contribution in [0.3, 0.4) is 0 Å². The Bertz CT molecular complexity index is 2050. The molecule has 4 aromatic carbocycles. The number of anilines is 3. The Morgan fingerprint density at radius 3 is 2.21 bits per heavy atom. The molecule has 0 atom stereocenters. The number of pyridine rings is 2. The molecule has 0 spiro atoms. The van der Waals surface area contributed by atoms with Crippen LogP contribution < -0.4 is 4.90 Å². The van der Waals surface area contributed by atoms with Gasteiger partial charge in [0.25, 0.3) is 0 Å². The average Bonchev–Trinajstić information content (AvgIpc) is 2.97. The number of aromatic nitrogens is 2. The number of hydrogen-bond acceptors (Lipinski definition) is 4. The van der Waals surface area contributed by atoms with E-state index in [1.807, 2.05) is 18.3 Å². The second-order valence-electron chi connectivity index (χ2n) is 12.4. The van der Waals surface area contributed by atoms with Crippen LogP contribution in [-0.4, -0.2) is 15.1 Å². The Morgan fingerprint density at radius 1 is 0.674 bits per heavy atom. The van der Waals surface area contributed by atoms with Gasteiger partial charge in [0.15, 0.2) is 0 Å². The normalized spacial score (nSPS) is 13.6. The summed E-state index contributed by atoms with van der Waals surface area (Å²) >= 11 is 0. The SMILES string of the molecule is Cc1cc(C)c(-c2ccnc(N3c4ccccc4C(C)(C)c4ccc(-c5cc(C)c6cccc(O)c6n5)cc43)c2)c(C)c1. The Labute approximate surface area is 253 Å².